The number of hydrogen-bond donors (Lipinski definition) is 0. The number of carbonyl (C=O) groups excluding carboxylic acids is 1. The first-order valence-corrected chi connectivity index (χ1v) is 9.56. The van der Waals surface area contributed by atoms with Gasteiger partial charge in [-0.1, -0.05) is 18.2 Å². The molecule has 3 heterocycles. The van der Waals surface area contributed by atoms with Gasteiger partial charge in [-0.2, -0.15) is 0 Å². The Balaban J connectivity index is 1.58. The van der Waals surface area contributed by atoms with Gasteiger partial charge in [-0.3, -0.25) is 4.79 Å². The maximum absolute atomic E-state index is 12.8. The van der Waals surface area contributed by atoms with Crippen molar-refractivity contribution < 1.29 is 4.79 Å². The molecule has 0 aliphatic carbocycles. The van der Waals surface area contributed by atoms with Crippen molar-refractivity contribution in [1.29, 1.82) is 0 Å². The van der Waals surface area contributed by atoms with Gasteiger partial charge in [-0.15, -0.1) is 0 Å². The molecule has 1 aromatic carbocycles. The first-order chi connectivity index (χ1) is 12.6. The van der Waals surface area contributed by atoms with Crippen LogP contribution < -0.4 is 4.90 Å². The fourth-order valence-corrected chi connectivity index (χ4v) is 4.13. The number of benzene rings is 1. The molecule has 0 unspecified atom stereocenters. The number of anilines is 1. The van der Waals surface area contributed by atoms with Gasteiger partial charge in [0.1, 0.15) is 11.6 Å². The van der Waals surface area contributed by atoms with Crippen LogP contribution in [-0.2, 0) is 6.42 Å². The van der Waals surface area contributed by atoms with Crippen molar-refractivity contribution in [2.45, 2.75) is 38.5 Å². The van der Waals surface area contributed by atoms with Crippen LogP contribution >= 0.6 is 0 Å². The molecule has 136 valence electrons. The number of nitrogens with zero attached hydrogens (tertiary/aromatic N) is 4. The lowest BCUT2D eigenvalue weighted by Crippen LogP contribution is -2.39. The average molecular weight is 350 g/mol. The summed E-state index contributed by atoms with van der Waals surface area (Å²) in [7, 11) is 2.11. The van der Waals surface area contributed by atoms with Crippen molar-refractivity contribution in [2.24, 2.45) is 0 Å². The highest BCUT2D eigenvalue weighted by atomic mass is 16.2. The molecule has 0 spiro atoms. The van der Waals surface area contributed by atoms with Crippen LogP contribution in [0.1, 0.15) is 52.6 Å². The summed E-state index contributed by atoms with van der Waals surface area (Å²) in [6.45, 7) is 4.66. The van der Waals surface area contributed by atoms with Crippen LogP contribution in [0.5, 0.6) is 0 Å². The number of carbonyl (C=O) groups is 1. The van der Waals surface area contributed by atoms with Gasteiger partial charge in [0.2, 0.25) is 0 Å². The zero-order valence-corrected chi connectivity index (χ0v) is 15.6. The smallest absolute Gasteiger partial charge is 0.253 e. The molecule has 4 rings (SSSR count). The Bertz CT molecular complexity index is 805. The minimum Gasteiger partial charge on any atom is -0.359 e. The summed E-state index contributed by atoms with van der Waals surface area (Å²) < 4.78 is 0. The summed E-state index contributed by atoms with van der Waals surface area (Å²) >= 11 is 0. The quantitative estimate of drug-likeness (QED) is 0.835. The molecule has 1 saturated heterocycles. The minimum atomic E-state index is 0.113. The molecule has 2 aromatic rings. The molecular weight excluding hydrogens is 324 g/mol. The van der Waals surface area contributed by atoms with Gasteiger partial charge < -0.3 is 9.80 Å². The number of amides is 1. The topological polar surface area (TPSA) is 49.3 Å². The van der Waals surface area contributed by atoms with E-state index in [1.807, 2.05) is 35.2 Å². The van der Waals surface area contributed by atoms with Gasteiger partial charge in [0.05, 0.1) is 0 Å². The van der Waals surface area contributed by atoms with Crippen LogP contribution in [0, 0.1) is 6.92 Å². The predicted molar refractivity (Wildman–Crippen MR) is 103 cm³/mol. The van der Waals surface area contributed by atoms with E-state index in [4.69, 9.17) is 9.97 Å². The predicted octanol–water partition coefficient (Wildman–Crippen LogP) is 3.19. The highest BCUT2D eigenvalue weighted by Gasteiger charge is 2.29. The normalized spacial score (nSPS) is 20.0. The second-order valence-electron chi connectivity index (χ2n) is 7.45. The van der Waals surface area contributed by atoms with Crippen molar-refractivity contribution in [3.05, 3.63) is 53.0 Å². The molecular formula is C21H26N4O. The Morgan fingerprint density at radius 3 is 2.73 bits per heavy atom. The average Bonchev–Trinajstić information content (AvgIpc) is 2.69. The molecule has 0 N–H and O–H groups in total. The van der Waals surface area contributed by atoms with Gasteiger partial charge in [-0.05, 0) is 44.7 Å². The lowest BCUT2D eigenvalue weighted by molar-refractivity contribution is 0.0704. The van der Waals surface area contributed by atoms with Crippen molar-refractivity contribution in [1.82, 2.24) is 14.9 Å². The Kier molecular flexibility index (Phi) is 4.62. The Labute approximate surface area is 155 Å². The van der Waals surface area contributed by atoms with Crippen molar-refractivity contribution in [2.75, 3.05) is 31.6 Å². The minimum absolute atomic E-state index is 0.113. The number of rotatable bonds is 2. The second-order valence-corrected chi connectivity index (χ2v) is 7.45. The largest absolute Gasteiger partial charge is 0.359 e. The Morgan fingerprint density at radius 1 is 1.12 bits per heavy atom. The molecule has 0 bridgehead atoms. The molecule has 2 aliphatic heterocycles. The number of piperidine rings is 1. The van der Waals surface area contributed by atoms with E-state index in [9.17, 15) is 4.79 Å². The third-order valence-corrected chi connectivity index (χ3v) is 5.59. The van der Waals surface area contributed by atoms with Crippen LogP contribution in [0.25, 0.3) is 0 Å². The number of hydrogen-bond acceptors (Lipinski definition) is 4. The molecule has 1 fully saturated rings. The molecule has 1 atom stereocenters. The summed E-state index contributed by atoms with van der Waals surface area (Å²) in [6.07, 6.45) is 4.27. The van der Waals surface area contributed by atoms with E-state index in [1.165, 1.54) is 5.56 Å². The van der Waals surface area contributed by atoms with Crippen molar-refractivity contribution >= 4 is 11.7 Å². The van der Waals surface area contributed by atoms with Crippen molar-refractivity contribution in [3.63, 3.8) is 0 Å². The highest BCUT2D eigenvalue weighted by Crippen LogP contribution is 2.31. The van der Waals surface area contributed by atoms with Crippen LogP contribution in [0.4, 0.5) is 5.82 Å². The van der Waals surface area contributed by atoms with Gasteiger partial charge in [-0.25, -0.2) is 9.97 Å². The third-order valence-electron chi connectivity index (χ3n) is 5.59. The fourth-order valence-electron chi connectivity index (χ4n) is 4.13. The fraction of sp³-hybridized carbons (Fsp3) is 0.476. The number of likely N-dealkylation sites (tertiary alicyclic amines) is 1. The van der Waals surface area contributed by atoms with Gasteiger partial charge >= 0.3 is 0 Å². The molecule has 26 heavy (non-hydrogen) atoms. The number of aryl methyl sites for hydroxylation is 1. The lowest BCUT2D eigenvalue weighted by atomic mass is 9.95. The van der Waals surface area contributed by atoms with E-state index in [0.29, 0.717) is 6.54 Å². The summed E-state index contributed by atoms with van der Waals surface area (Å²) in [5, 5.41) is 0. The molecule has 2 aliphatic rings. The molecule has 1 amide bonds. The Morgan fingerprint density at radius 2 is 1.92 bits per heavy atom. The monoisotopic (exact) mass is 350 g/mol. The van der Waals surface area contributed by atoms with E-state index in [1.54, 1.807) is 0 Å². The molecule has 0 radical (unpaired) electrons. The van der Waals surface area contributed by atoms with Gasteiger partial charge in [0, 0.05) is 49.4 Å². The SMILES string of the molecule is Cc1nc([C@H]2CCCN(C(=O)c3ccccc3)C2)nc2c1CCCN2C. The summed E-state index contributed by atoms with van der Waals surface area (Å²) in [5.74, 6) is 2.32. The second kappa shape index (κ2) is 7.06. The Hall–Kier alpha value is -2.43. The van der Waals surface area contributed by atoms with Gasteiger partial charge in [0.15, 0.2) is 0 Å². The van der Waals surface area contributed by atoms with E-state index in [2.05, 4.69) is 18.9 Å². The summed E-state index contributed by atoms with van der Waals surface area (Å²) in [6, 6.07) is 9.55. The summed E-state index contributed by atoms with van der Waals surface area (Å²) in [5.41, 5.74) is 3.15. The van der Waals surface area contributed by atoms with Gasteiger partial charge in [0.25, 0.3) is 5.91 Å². The summed E-state index contributed by atoms with van der Waals surface area (Å²) in [4.78, 5) is 26.8. The van der Waals surface area contributed by atoms with Crippen LogP contribution in [0.2, 0.25) is 0 Å². The van der Waals surface area contributed by atoms with E-state index >= 15 is 0 Å². The maximum Gasteiger partial charge on any atom is 0.253 e. The molecule has 5 heteroatoms. The zero-order chi connectivity index (χ0) is 18.1. The maximum atomic E-state index is 12.8. The third kappa shape index (κ3) is 3.18. The zero-order valence-electron chi connectivity index (χ0n) is 15.6. The molecule has 5 nitrogen and oxygen atoms in total. The highest BCUT2D eigenvalue weighted by molar-refractivity contribution is 5.94. The number of fused-ring (bicyclic) bond motifs is 1. The standard InChI is InChI=1S/C21H26N4O/c1-15-18-11-7-12-24(2)20(18)23-19(22-15)17-10-6-13-25(14-17)21(26)16-8-4-3-5-9-16/h3-5,8-9,17H,6-7,10-14H2,1-2H3/t17-/m0/s1. The first kappa shape index (κ1) is 17.0. The van der Waals surface area contributed by atoms with E-state index in [-0.39, 0.29) is 11.8 Å². The van der Waals surface area contributed by atoms with Crippen LogP contribution in [-0.4, -0.2) is 47.5 Å². The van der Waals surface area contributed by atoms with E-state index < -0.39 is 0 Å². The first-order valence-electron chi connectivity index (χ1n) is 9.56. The lowest BCUT2D eigenvalue weighted by Gasteiger charge is -2.33. The number of aromatic nitrogens is 2. The molecule has 0 saturated carbocycles. The molecule has 1 aromatic heterocycles. The van der Waals surface area contributed by atoms with Crippen molar-refractivity contribution in [3.8, 4) is 0 Å². The van der Waals surface area contributed by atoms with E-state index in [0.717, 1.165) is 61.7 Å². The van der Waals surface area contributed by atoms with Crippen LogP contribution in [0.15, 0.2) is 30.3 Å². The van der Waals surface area contributed by atoms with Crippen LogP contribution in [0.3, 0.4) is 0 Å².